The predicted molar refractivity (Wildman–Crippen MR) is 103 cm³/mol. The van der Waals surface area contributed by atoms with Crippen molar-refractivity contribution in [2.45, 2.75) is 45.9 Å². The topological polar surface area (TPSA) is 59.1 Å². The van der Waals surface area contributed by atoms with Crippen LogP contribution < -0.4 is 0 Å². The maximum Gasteiger partial charge on any atom is 0.410 e. The predicted octanol–water partition coefficient (Wildman–Crippen LogP) is 3.68. The van der Waals surface area contributed by atoms with Crippen molar-refractivity contribution in [3.8, 4) is 0 Å². The average Bonchev–Trinajstić information content (AvgIpc) is 2.52. The summed E-state index contributed by atoms with van der Waals surface area (Å²) in [4.78, 5) is 28.1. The lowest BCUT2D eigenvalue weighted by Gasteiger charge is -2.40. The molecule has 6 nitrogen and oxygen atoms in total. The Kier molecular flexibility index (Phi) is 6.69. The Bertz CT molecular complexity index is 672. The molecule has 0 N–H and O–H groups in total. The first kappa shape index (κ1) is 20.7. The van der Waals surface area contributed by atoms with Gasteiger partial charge in [-0.3, -0.25) is 4.90 Å². The number of nitrogens with zero attached hydrogens (tertiary/aromatic N) is 2. The van der Waals surface area contributed by atoms with Gasteiger partial charge in [0.1, 0.15) is 5.60 Å². The van der Waals surface area contributed by atoms with Gasteiger partial charge in [0.15, 0.2) is 0 Å². The quantitative estimate of drug-likeness (QED) is 0.689. The van der Waals surface area contributed by atoms with Crippen molar-refractivity contribution in [1.82, 2.24) is 9.80 Å². The Labute approximate surface area is 163 Å². The van der Waals surface area contributed by atoms with E-state index < -0.39 is 5.60 Å². The van der Waals surface area contributed by atoms with Gasteiger partial charge in [-0.15, -0.1) is 0 Å². The highest BCUT2D eigenvalue weighted by atomic mass is 79.9. The van der Waals surface area contributed by atoms with E-state index in [1.165, 1.54) is 7.11 Å². The molecule has 1 fully saturated rings. The molecule has 1 aliphatic rings. The summed E-state index contributed by atoms with van der Waals surface area (Å²) in [5.74, 6) is -0.358. The van der Waals surface area contributed by atoms with Crippen LogP contribution in [0.25, 0.3) is 0 Å². The molecule has 0 radical (unpaired) electrons. The molecule has 1 aromatic rings. The highest BCUT2D eigenvalue weighted by Crippen LogP contribution is 2.22. The van der Waals surface area contributed by atoms with E-state index in [0.29, 0.717) is 12.1 Å². The number of hydrogen-bond acceptors (Lipinski definition) is 5. The number of halogens is 1. The molecular weight excluding hydrogens is 400 g/mol. The maximum absolute atomic E-state index is 12.3. The fraction of sp³-hybridized carbons (Fsp3) is 0.579. The fourth-order valence-corrected chi connectivity index (χ4v) is 3.55. The molecule has 0 aromatic heterocycles. The summed E-state index contributed by atoms with van der Waals surface area (Å²) < 4.78 is 11.0. The van der Waals surface area contributed by atoms with E-state index in [2.05, 4.69) is 20.8 Å². The molecule has 1 aliphatic heterocycles. The zero-order chi connectivity index (χ0) is 19.5. The van der Waals surface area contributed by atoms with Crippen LogP contribution >= 0.6 is 15.9 Å². The minimum Gasteiger partial charge on any atom is -0.465 e. The number of carbonyl (C=O) groups is 2. The van der Waals surface area contributed by atoms with Gasteiger partial charge in [0.25, 0.3) is 0 Å². The monoisotopic (exact) mass is 426 g/mol. The van der Waals surface area contributed by atoms with Crippen LogP contribution in [-0.2, 0) is 16.0 Å². The van der Waals surface area contributed by atoms with Crippen LogP contribution in [0.15, 0.2) is 22.7 Å². The molecule has 1 aromatic carbocycles. The molecule has 1 saturated heterocycles. The van der Waals surface area contributed by atoms with Crippen LogP contribution in [0.3, 0.4) is 0 Å². The summed E-state index contributed by atoms with van der Waals surface area (Å²) >= 11 is 3.43. The van der Waals surface area contributed by atoms with Gasteiger partial charge in [-0.05, 0) is 61.3 Å². The third-order valence-corrected chi connectivity index (χ3v) is 4.84. The van der Waals surface area contributed by atoms with E-state index >= 15 is 0 Å². The molecule has 144 valence electrons. The zero-order valence-corrected chi connectivity index (χ0v) is 17.6. The van der Waals surface area contributed by atoms with Crippen LogP contribution in [-0.4, -0.2) is 60.2 Å². The van der Waals surface area contributed by atoms with Crippen molar-refractivity contribution in [2.75, 3.05) is 26.7 Å². The van der Waals surface area contributed by atoms with Crippen LogP contribution in [0.2, 0.25) is 0 Å². The van der Waals surface area contributed by atoms with Crippen molar-refractivity contribution < 1.29 is 19.1 Å². The Morgan fingerprint density at radius 1 is 1.27 bits per heavy atom. The van der Waals surface area contributed by atoms with Gasteiger partial charge in [0.2, 0.25) is 0 Å². The van der Waals surface area contributed by atoms with E-state index in [1.807, 2.05) is 39.8 Å². The summed E-state index contributed by atoms with van der Waals surface area (Å²) in [7, 11) is 1.37. The standard InChI is InChI=1S/C19H27BrN2O4/c1-13-11-21(8-9-22(13)18(24)26-19(2,3)4)12-14-6-7-15(16(20)10-14)17(23)25-5/h6-7,10,13H,8-9,11-12H2,1-5H3. The van der Waals surface area contributed by atoms with Crippen molar-refractivity contribution in [1.29, 1.82) is 0 Å². The molecule has 2 rings (SSSR count). The summed E-state index contributed by atoms with van der Waals surface area (Å²) in [6, 6.07) is 5.72. The minimum atomic E-state index is -0.485. The minimum absolute atomic E-state index is 0.0800. The second-order valence-electron chi connectivity index (χ2n) is 7.56. The first-order chi connectivity index (χ1) is 12.1. The third-order valence-electron chi connectivity index (χ3n) is 4.18. The molecule has 1 unspecified atom stereocenters. The summed E-state index contributed by atoms with van der Waals surface area (Å²) in [5, 5.41) is 0. The normalized spacial score (nSPS) is 18.5. The van der Waals surface area contributed by atoms with Gasteiger partial charge < -0.3 is 14.4 Å². The average molecular weight is 427 g/mol. The Hall–Kier alpha value is -1.60. The molecule has 1 amide bonds. The van der Waals surface area contributed by atoms with Gasteiger partial charge >= 0.3 is 12.1 Å². The molecule has 0 aliphatic carbocycles. The second-order valence-corrected chi connectivity index (χ2v) is 8.42. The smallest absolute Gasteiger partial charge is 0.410 e. The molecule has 0 spiro atoms. The molecular formula is C19H27BrN2O4. The molecule has 1 atom stereocenters. The first-order valence-corrected chi connectivity index (χ1v) is 9.48. The number of rotatable bonds is 3. The van der Waals surface area contributed by atoms with Crippen molar-refractivity contribution in [2.24, 2.45) is 0 Å². The lowest BCUT2D eigenvalue weighted by atomic mass is 10.1. The number of amides is 1. The van der Waals surface area contributed by atoms with Crippen molar-refractivity contribution in [3.63, 3.8) is 0 Å². The lowest BCUT2D eigenvalue weighted by molar-refractivity contribution is 0.000553. The number of methoxy groups -OCH3 is 1. The maximum atomic E-state index is 12.3. The number of hydrogen-bond donors (Lipinski definition) is 0. The van der Waals surface area contributed by atoms with Crippen molar-refractivity contribution in [3.05, 3.63) is 33.8 Å². The van der Waals surface area contributed by atoms with Crippen molar-refractivity contribution >= 4 is 28.0 Å². The number of ether oxygens (including phenoxy) is 2. The molecule has 1 heterocycles. The number of esters is 1. The third kappa shape index (κ3) is 5.45. The number of carbonyl (C=O) groups excluding carboxylic acids is 2. The van der Waals surface area contributed by atoms with Crippen LogP contribution in [0.1, 0.15) is 43.6 Å². The van der Waals surface area contributed by atoms with Gasteiger partial charge in [0, 0.05) is 36.7 Å². The SMILES string of the molecule is COC(=O)c1ccc(CN2CCN(C(=O)OC(C)(C)C)C(C)C2)cc1Br. The lowest BCUT2D eigenvalue weighted by Crippen LogP contribution is -2.54. The van der Waals surface area contributed by atoms with Crippen LogP contribution in [0.5, 0.6) is 0 Å². The van der Waals surface area contributed by atoms with Gasteiger partial charge in [0.05, 0.1) is 12.7 Å². The first-order valence-electron chi connectivity index (χ1n) is 8.69. The second kappa shape index (κ2) is 8.39. The Balaban J connectivity index is 1.96. The fourth-order valence-electron chi connectivity index (χ4n) is 2.96. The summed E-state index contributed by atoms with van der Waals surface area (Å²) in [6.07, 6.45) is -0.255. The zero-order valence-electron chi connectivity index (χ0n) is 16.0. The Morgan fingerprint density at radius 3 is 2.50 bits per heavy atom. The van der Waals surface area contributed by atoms with Gasteiger partial charge in [-0.25, -0.2) is 9.59 Å². The van der Waals surface area contributed by atoms with Gasteiger partial charge in [-0.1, -0.05) is 6.07 Å². The van der Waals surface area contributed by atoms with E-state index in [1.54, 1.807) is 11.0 Å². The molecule has 7 heteroatoms. The molecule has 0 saturated carbocycles. The Morgan fingerprint density at radius 2 is 1.96 bits per heavy atom. The highest BCUT2D eigenvalue weighted by Gasteiger charge is 2.30. The van der Waals surface area contributed by atoms with E-state index in [9.17, 15) is 9.59 Å². The van der Waals surface area contributed by atoms with E-state index in [0.717, 1.165) is 29.7 Å². The molecule has 0 bridgehead atoms. The largest absolute Gasteiger partial charge is 0.465 e. The molecule has 26 heavy (non-hydrogen) atoms. The number of benzene rings is 1. The van der Waals surface area contributed by atoms with E-state index in [4.69, 9.17) is 9.47 Å². The van der Waals surface area contributed by atoms with E-state index in [-0.39, 0.29) is 18.1 Å². The van der Waals surface area contributed by atoms with Crippen LogP contribution in [0, 0.1) is 0 Å². The highest BCUT2D eigenvalue weighted by molar-refractivity contribution is 9.10. The van der Waals surface area contributed by atoms with Crippen LogP contribution in [0.4, 0.5) is 4.79 Å². The van der Waals surface area contributed by atoms with Gasteiger partial charge in [-0.2, -0.15) is 0 Å². The number of piperazine rings is 1. The summed E-state index contributed by atoms with van der Waals surface area (Å²) in [5.41, 5.74) is 1.13. The summed E-state index contributed by atoms with van der Waals surface area (Å²) in [6.45, 7) is 10.6.